The molecule has 0 atom stereocenters. The summed E-state index contributed by atoms with van der Waals surface area (Å²) in [5.41, 5.74) is 0.496. The number of amides is 1. The summed E-state index contributed by atoms with van der Waals surface area (Å²) in [6.07, 6.45) is 2.83. The first-order valence-corrected chi connectivity index (χ1v) is 9.33. The number of hydrogen-bond acceptors (Lipinski definition) is 9. The van der Waals surface area contributed by atoms with Crippen molar-refractivity contribution in [3.8, 4) is 23.1 Å². The maximum absolute atomic E-state index is 12.4. The molecule has 0 spiro atoms. The van der Waals surface area contributed by atoms with Crippen molar-refractivity contribution in [3.05, 3.63) is 53.4 Å². The molecule has 11 heteroatoms. The zero-order chi connectivity index (χ0) is 20.4. The van der Waals surface area contributed by atoms with Crippen molar-refractivity contribution in [3.63, 3.8) is 0 Å². The average molecular weight is 430 g/mol. The minimum atomic E-state index is -0.608. The molecule has 0 unspecified atom stereocenters. The largest absolute Gasteiger partial charge is 0.503 e. The van der Waals surface area contributed by atoms with E-state index in [1.165, 1.54) is 36.9 Å². The Morgan fingerprint density at radius 3 is 2.90 bits per heavy atom. The fourth-order valence-corrected chi connectivity index (χ4v) is 3.45. The molecule has 1 aromatic carbocycles. The standard InChI is InChI=1S/C18H12ClN5O4S/c1-27-12-5-6-20-14(15(12)25)16(26)23-18-22-11-3-2-9(8-13(11)29-18)28-17-10(19)4-7-21-24-17/h2-8,25H,1H3,(H,22,23,26). The van der Waals surface area contributed by atoms with E-state index < -0.39 is 5.91 Å². The number of nitrogens with zero attached hydrogens (tertiary/aromatic N) is 4. The Morgan fingerprint density at radius 1 is 1.24 bits per heavy atom. The zero-order valence-corrected chi connectivity index (χ0v) is 16.4. The molecule has 0 aliphatic rings. The second-order valence-corrected chi connectivity index (χ2v) is 7.04. The number of rotatable bonds is 5. The van der Waals surface area contributed by atoms with Crippen LogP contribution in [0.2, 0.25) is 5.02 Å². The van der Waals surface area contributed by atoms with E-state index in [1.54, 1.807) is 24.3 Å². The topological polar surface area (TPSA) is 119 Å². The Bertz CT molecular complexity index is 1220. The summed E-state index contributed by atoms with van der Waals surface area (Å²) in [6, 6.07) is 8.21. The van der Waals surface area contributed by atoms with Crippen LogP contribution < -0.4 is 14.8 Å². The third-order valence-electron chi connectivity index (χ3n) is 3.76. The van der Waals surface area contributed by atoms with E-state index in [-0.39, 0.29) is 23.1 Å². The van der Waals surface area contributed by atoms with E-state index in [0.717, 1.165) is 4.70 Å². The van der Waals surface area contributed by atoms with Crippen molar-refractivity contribution < 1.29 is 19.4 Å². The second kappa shape index (κ2) is 7.86. The molecule has 0 saturated carbocycles. The summed E-state index contributed by atoms with van der Waals surface area (Å²) in [5.74, 6) is -0.119. The van der Waals surface area contributed by atoms with Gasteiger partial charge in [0, 0.05) is 18.3 Å². The Kier molecular flexibility index (Phi) is 5.10. The number of fused-ring (bicyclic) bond motifs is 1. The molecule has 9 nitrogen and oxygen atoms in total. The number of thiazole rings is 1. The number of carbonyl (C=O) groups is 1. The average Bonchev–Trinajstić information content (AvgIpc) is 3.11. The number of halogens is 1. The summed E-state index contributed by atoms with van der Waals surface area (Å²) in [7, 11) is 1.39. The van der Waals surface area contributed by atoms with Gasteiger partial charge in [0.25, 0.3) is 11.8 Å². The molecule has 0 radical (unpaired) electrons. The van der Waals surface area contributed by atoms with Gasteiger partial charge >= 0.3 is 0 Å². The lowest BCUT2D eigenvalue weighted by molar-refractivity contribution is 0.101. The molecule has 0 bridgehead atoms. The van der Waals surface area contributed by atoms with Crippen molar-refractivity contribution in [1.82, 2.24) is 20.2 Å². The first kappa shape index (κ1) is 18.8. The predicted molar refractivity (Wildman–Crippen MR) is 107 cm³/mol. The fraction of sp³-hybridized carbons (Fsp3) is 0.0556. The van der Waals surface area contributed by atoms with E-state index >= 15 is 0 Å². The number of aromatic hydroxyl groups is 1. The van der Waals surface area contributed by atoms with Gasteiger partial charge in [0.15, 0.2) is 22.3 Å². The minimum absolute atomic E-state index is 0.152. The molecule has 2 N–H and O–H groups in total. The van der Waals surface area contributed by atoms with E-state index in [2.05, 4.69) is 25.5 Å². The van der Waals surface area contributed by atoms with Crippen molar-refractivity contribution in [2.24, 2.45) is 0 Å². The van der Waals surface area contributed by atoms with Crippen LogP contribution in [0.3, 0.4) is 0 Å². The summed E-state index contributed by atoms with van der Waals surface area (Å²) in [6.45, 7) is 0. The van der Waals surface area contributed by atoms with Crippen molar-refractivity contribution in [2.75, 3.05) is 12.4 Å². The number of carbonyl (C=O) groups excluding carboxylic acids is 1. The van der Waals surface area contributed by atoms with Gasteiger partial charge in [-0.2, -0.15) is 5.10 Å². The molecule has 3 heterocycles. The highest BCUT2D eigenvalue weighted by Crippen LogP contribution is 2.33. The summed E-state index contributed by atoms with van der Waals surface area (Å²) in [4.78, 5) is 20.7. The lowest BCUT2D eigenvalue weighted by Crippen LogP contribution is -2.13. The summed E-state index contributed by atoms with van der Waals surface area (Å²) in [5, 5.41) is 20.9. The zero-order valence-electron chi connectivity index (χ0n) is 14.8. The van der Waals surface area contributed by atoms with Crippen LogP contribution in [0.5, 0.6) is 23.1 Å². The molecule has 29 heavy (non-hydrogen) atoms. The third-order valence-corrected chi connectivity index (χ3v) is 4.98. The fourth-order valence-electron chi connectivity index (χ4n) is 2.43. The Labute approximate surface area is 172 Å². The van der Waals surface area contributed by atoms with Crippen LogP contribution in [-0.4, -0.2) is 38.3 Å². The van der Waals surface area contributed by atoms with Crippen molar-refractivity contribution >= 4 is 44.2 Å². The molecule has 0 saturated heterocycles. The van der Waals surface area contributed by atoms with Crippen LogP contribution >= 0.6 is 22.9 Å². The quantitative estimate of drug-likeness (QED) is 0.490. The van der Waals surface area contributed by atoms with Gasteiger partial charge in [0.05, 0.1) is 23.5 Å². The van der Waals surface area contributed by atoms with Gasteiger partial charge in [-0.1, -0.05) is 22.9 Å². The number of pyridine rings is 1. The number of ether oxygens (including phenoxy) is 2. The second-order valence-electron chi connectivity index (χ2n) is 5.60. The first-order valence-electron chi connectivity index (χ1n) is 8.14. The molecule has 0 aliphatic carbocycles. The molecule has 146 valence electrons. The number of anilines is 1. The summed E-state index contributed by atoms with van der Waals surface area (Å²) < 4.78 is 11.4. The molecule has 0 aliphatic heterocycles. The van der Waals surface area contributed by atoms with E-state index in [1.807, 2.05) is 0 Å². The van der Waals surface area contributed by atoms with Crippen LogP contribution in [0.1, 0.15) is 10.5 Å². The third kappa shape index (κ3) is 3.89. The van der Waals surface area contributed by atoms with E-state index in [9.17, 15) is 9.90 Å². The normalized spacial score (nSPS) is 10.7. The van der Waals surface area contributed by atoms with Crippen LogP contribution in [0.4, 0.5) is 5.13 Å². The van der Waals surface area contributed by atoms with Crippen molar-refractivity contribution in [1.29, 1.82) is 0 Å². The van der Waals surface area contributed by atoms with Crippen LogP contribution in [-0.2, 0) is 0 Å². The van der Waals surface area contributed by atoms with Gasteiger partial charge < -0.3 is 14.6 Å². The van der Waals surface area contributed by atoms with Crippen LogP contribution in [0, 0.1) is 0 Å². The highest BCUT2D eigenvalue weighted by atomic mass is 35.5. The molecule has 4 aromatic rings. The maximum atomic E-state index is 12.4. The van der Waals surface area contributed by atoms with E-state index in [4.69, 9.17) is 21.1 Å². The summed E-state index contributed by atoms with van der Waals surface area (Å²) >= 11 is 7.26. The lowest BCUT2D eigenvalue weighted by atomic mass is 10.3. The SMILES string of the molecule is COc1ccnc(C(=O)Nc2nc3ccc(Oc4nnccc4Cl)cc3s2)c1O. The monoisotopic (exact) mass is 429 g/mol. The van der Waals surface area contributed by atoms with Gasteiger partial charge in [-0.25, -0.2) is 9.97 Å². The predicted octanol–water partition coefficient (Wildman–Crippen LogP) is 3.89. The Balaban J connectivity index is 1.56. The van der Waals surface area contributed by atoms with Crippen molar-refractivity contribution in [2.45, 2.75) is 0 Å². The van der Waals surface area contributed by atoms with Gasteiger partial charge in [-0.3, -0.25) is 10.1 Å². The smallest absolute Gasteiger partial charge is 0.280 e. The number of nitrogens with one attached hydrogen (secondary N) is 1. The first-order chi connectivity index (χ1) is 14.0. The number of benzene rings is 1. The number of methoxy groups -OCH3 is 1. The highest BCUT2D eigenvalue weighted by Gasteiger charge is 2.18. The molecule has 0 fully saturated rings. The van der Waals surface area contributed by atoms with E-state index in [0.29, 0.717) is 21.4 Å². The van der Waals surface area contributed by atoms with Gasteiger partial charge in [-0.15, -0.1) is 5.10 Å². The van der Waals surface area contributed by atoms with Crippen LogP contribution in [0.15, 0.2) is 42.7 Å². The molecular formula is C18H12ClN5O4S. The minimum Gasteiger partial charge on any atom is -0.503 e. The molecular weight excluding hydrogens is 418 g/mol. The van der Waals surface area contributed by atoms with Crippen LogP contribution in [0.25, 0.3) is 10.2 Å². The molecule has 4 rings (SSSR count). The molecule has 3 aromatic heterocycles. The molecule has 1 amide bonds. The van der Waals surface area contributed by atoms with Gasteiger partial charge in [0.2, 0.25) is 0 Å². The number of hydrogen-bond donors (Lipinski definition) is 2. The Morgan fingerprint density at radius 2 is 2.10 bits per heavy atom. The van der Waals surface area contributed by atoms with Gasteiger partial charge in [-0.05, 0) is 18.2 Å². The highest BCUT2D eigenvalue weighted by molar-refractivity contribution is 7.22. The Hall–Kier alpha value is -3.50. The van der Waals surface area contributed by atoms with Gasteiger partial charge in [0.1, 0.15) is 10.8 Å². The maximum Gasteiger partial charge on any atom is 0.280 e. The number of aromatic nitrogens is 4. The lowest BCUT2D eigenvalue weighted by Gasteiger charge is -2.06.